The second-order valence-electron chi connectivity index (χ2n) is 8.94. The van der Waals surface area contributed by atoms with Crippen molar-refractivity contribution in [3.63, 3.8) is 0 Å². The molecule has 2 aromatic rings. The average Bonchev–Trinajstić information content (AvgIpc) is 3.05. The molecule has 2 N–H and O–H groups in total. The minimum absolute atomic E-state index is 0.0885. The highest BCUT2D eigenvalue weighted by Crippen LogP contribution is 2.30. The van der Waals surface area contributed by atoms with Crippen molar-refractivity contribution in [2.24, 2.45) is 0 Å². The van der Waals surface area contributed by atoms with Crippen molar-refractivity contribution in [3.8, 4) is 0 Å². The zero-order valence-corrected chi connectivity index (χ0v) is 21.1. The number of hydrogen-bond acceptors (Lipinski definition) is 5. The van der Waals surface area contributed by atoms with E-state index in [2.05, 4.69) is 10.6 Å². The van der Waals surface area contributed by atoms with E-state index in [1.165, 1.54) is 16.4 Å². The number of halogens is 1. The molecule has 0 radical (unpaired) electrons. The van der Waals surface area contributed by atoms with E-state index >= 15 is 0 Å². The van der Waals surface area contributed by atoms with Gasteiger partial charge in [0.2, 0.25) is 15.9 Å². The predicted molar refractivity (Wildman–Crippen MR) is 131 cm³/mol. The van der Waals surface area contributed by atoms with Crippen LogP contribution in [0, 0.1) is 6.92 Å². The van der Waals surface area contributed by atoms with Crippen molar-refractivity contribution in [2.75, 3.05) is 25.0 Å². The summed E-state index contributed by atoms with van der Waals surface area (Å²) in [6.07, 6.45) is 2.63. The molecule has 2 aliphatic rings. The molecule has 0 aromatic heterocycles. The number of nitrogens with zero attached hydrogens (tertiary/aromatic N) is 2. The van der Waals surface area contributed by atoms with Gasteiger partial charge >= 0.3 is 6.03 Å². The molecule has 186 valence electrons. The average molecular weight is 519 g/mol. The lowest BCUT2D eigenvalue weighted by atomic mass is 9.92. The second kappa shape index (κ2) is 9.60. The summed E-state index contributed by atoms with van der Waals surface area (Å²) in [5.74, 6) is -1.19. The molecule has 2 saturated heterocycles. The van der Waals surface area contributed by atoms with Gasteiger partial charge in [-0.15, -0.1) is 0 Å². The van der Waals surface area contributed by atoms with Gasteiger partial charge in [-0.25, -0.2) is 13.2 Å². The summed E-state index contributed by atoms with van der Waals surface area (Å²) in [7, 11) is -3.68. The fourth-order valence-corrected chi connectivity index (χ4v) is 5.97. The van der Waals surface area contributed by atoms with Gasteiger partial charge in [-0.1, -0.05) is 36.2 Å². The number of hydrogen-bond donors (Lipinski definition) is 2. The maximum atomic E-state index is 13.1. The zero-order chi connectivity index (χ0) is 25.4. The van der Waals surface area contributed by atoms with Crippen molar-refractivity contribution in [2.45, 2.75) is 43.5 Å². The van der Waals surface area contributed by atoms with Gasteiger partial charge in [-0.3, -0.25) is 14.5 Å². The Morgan fingerprint density at radius 3 is 2.40 bits per heavy atom. The van der Waals surface area contributed by atoms with Gasteiger partial charge < -0.3 is 10.6 Å². The van der Waals surface area contributed by atoms with Gasteiger partial charge in [0, 0.05) is 23.8 Å². The van der Waals surface area contributed by atoms with Crippen LogP contribution in [0.5, 0.6) is 0 Å². The Balaban J connectivity index is 1.49. The number of amides is 4. The number of carbonyl (C=O) groups excluding carboxylic acids is 3. The van der Waals surface area contributed by atoms with E-state index in [1.54, 1.807) is 44.2 Å². The summed E-state index contributed by atoms with van der Waals surface area (Å²) in [5, 5.41) is 5.79. The molecule has 0 bridgehead atoms. The van der Waals surface area contributed by atoms with E-state index in [4.69, 9.17) is 11.6 Å². The summed E-state index contributed by atoms with van der Waals surface area (Å²) in [5.41, 5.74) is 0.162. The smallest absolute Gasteiger partial charge is 0.324 e. The third kappa shape index (κ3) is 4.91. The first-order chi connectivity index (χ1) is 16.5. The Morgan fingerprint density at radius 2 is 1.74 bits per heavy atom. The zero-order valence-electron chi connectivity index (χ0n) is 19.5. The molecule has 1 atom stereocenters. The van der Waals surface area contributed by atoms with E-state index < -0.39 is 40.0 Å². The van der Waals surface area contributed by atoms with Gasteiger partial charge in [-0.2, -0.15) is 4.31 Å². The fourth-order valence-electron chi connectivity index (χ4n) is 4.30. The van der Waals surface area contributed by atoms with Crippen LogP contribution in [0.2, 0.25) is 5.02 Å². The van der Waals surface area contributed by atoms with Crippen LogP contribution >= 0.6 is 11.6 Å². The molecule has 11 heteroatoms. The van der Waals surface area contributed by atoms with Crippen LogP contribution in [-0.2, 0) is 25.2 Å². The second-order valence-corrected chi connectivity index (χ2v) is 11.3. The number of benzene rings is 2. The first kappa shape index (κ1) is 25.2. The molecule has 0 saturated carbocycles. The van der Waals surface area contributed by atoms with E-state index in [9.17, 15) is 22.8 Å². The predicted octanol–water partition coefficient (Wildman–Crippen LogP) is 3.23. The Labute approximate surface area is 209 Å². The highest BCUT2D eigenvalue weighted by atomic mass is 35.5. The van der Waals surface area contributed by atoms with Crippen molar-refractivity contribution in [3.05, 3.63) is 58.6 Å². The van der Waals surface area contributed by atoms with Gasteiger partial charge in [0.15, 0.2) is 0 Å². The molecular formula is C24H27ClN4O5S. The Kier molecular flexibility index (Phi) is 6.90. The molecule has 9 nitrogen and oxygen atoms in total. The third-order valence-corrected chi connectivity index (χ3v) is 8.58. The molecule has 2 heterocycles. The van der Waals surface area contributed by atoms with Gasteiger partial charge in [0.25, 0.3) is 5.91 Å². The fraction of sp³-hybridized carbons (Fsp3) is 0.375. The molecule has 4 amide bonds. The molecule has 2 aliphatic heterocycles. The molecule has 0 aliphatic carbocycles. The maximum Gasteiger partial charge on any atom is 0.325 e. The summed E-state index contributed by atoms with van der Waals surface area (Å²) in [6, 6.07) is 10.4. The molecule has 4 rings (SSSR count). The number of imide groups is 1. The molecule has 0 unspecified atom stereocenters. The van der Waals surface area contributed by atoms with Crippen LogP contribution in [0.4, 0.5) is 10.5 Å². The first-order valence-electron chi connectivity index (χ1n) is 11.3. The lowest BCUT2D eigenvalue weighted by molar-refractivity contribution is -0.133. The van der Waals surface area contributed by atoms with Crippen LogP contribution < -0.4 is 10.6 Å². The lowest BCUT2D eigenvalue weighted by Gasteiger charge is -2.26. The summed E-state index contributed by atoms with van der Waals surface area (Å²) in [4.78, 5) is 39.4. The molecular weight excluding hydrogens is 492 g/mol. The molecule has 2 aromatic carbocycles. The minimum atomic E-state index is -3.68. The maximum absolute atomic E-state index is 13.1. The van der Waals surface area contributed by atoms with Crippen LogP contribution in [0.15, 0.2) is 47.4 Å². The molecule has 2 fully saturated rings. The number of piperidine rings is 1. The van der Waals surface area contributed by atoms with Crippen LogP contribution in [0.3, 0.4) is 0 Å². The number of carbonyl (C=O) groups is 3. The Bertz CT molecular complexity index is 1280. The molecule has 35 heavy (non-hydrogen) atoms. The highest BCUT2D eigenvalue weighted by molar-refractivity contribution is 7.89. The van der Waals surface area contributed by atoms with Crippen LogP contribution in [-0.4, -0.2) is 55.1 Å². The third-order valence-electron chi connectivity index (χ3n) is 6.43. The number of urea groups is 1. The number of sulfonamides is 1. The van der Waals surface area contributed by atoms with E-state index in [-0.39, 0.29) is 4.90 Å². The Hall–Kier alpha value is -2.95. The van der Waals surface area contributed by atoms with E-state index in [0.717, 1.165) is 24.2 Å². The van der Waals surface area contributed by atoms with Crippen molar-refractivity contribution in [1.82, 2.24) is 14.5 Å². The van der Waals surface area contributed by atoms with E-state index in [1.807, 2.05) is 0 Å². The van der Waals surface area contributed by atoms with Crippen molar-refractivity contribution in [1.29, 1.82) is 0 Å². The lowest BCUT2D eigenvalue weighted by Crippen LogP contribution is -2.42. The summed E-state index contributed by atoms with van der Waals surface area (Å²) < 4.78 is 27.5. The van der Waals surface area contributed by atoms with Gasteiger partial charge in [-0.05, 0) is 62.1 Å². The summed E-state index contributed by atoms with van der Waals surface area (Å²) in [6.45, 7) is 3.72. The largest absolute Gasteiger partial charge is 0.325 e. The number of nitrogens with one attached hydrogen (secondary N) is 2. The van der Waals surface area contributed by atoms with Crippen LogP contribution in [0.1, 0.15) is 37.3 Å². The topological polar surface area (TPSA) is 116 Å². The standard InChI is InChI=1S/C24H27ClN4O5S/c1-16-6-11-19(35(33,34)28-12-4-3-5-13-28)14-20(16)26-21(30)15-29-22(31)24(2,27-23(29)32)17-7-9-18(25)10-8-17/h6-11,14H,3-5,12-13,15H2,1-2H3,(H,26,30)(H,27,32)/t24-/m1/s1. The SMILES string of the molecule is Cc1ccc(S(=O)(=O)N2CCCCC2)cc1NC(=O)CN1C(=O)N[C@](C)(c2ccc(Cl)cc2)C1=O. The van der Waals surface area contributed by atoms with Gasteiger partial charge in [0.1, 0.15) is 12.1 Å². The van der Waals surface area contributed by atoms with Gasteiger partial charge in [0.05, 0.1) is 4.90 Å². The Morgan fingerprint density at radius 1 is 1.09 bits per heavy atom. The quantitative estimate of drug-likeness (QED) is 0.569. The monoisotopic (exact) mass is 518 g/mol. The number of anilines is 1. The highest BCUT2D eigenvalue weighted by Gasteiger charge is 2.49. The van der Waals surface area contributed by atoms with Crippen LogP contribution in [0.25, 0.3) is 0 Å². The molecule has 0 spiro atoms. The number of rotatable bonds is 6. The normalized spacial score (nSPS) is 21.2. The van der Waals surface area contributed by atoms with Crippen molar-refractivity contribution >= 4 is 45.2 Å². The first-order valence-corrected chi connectivity index (χ1v) is 13.1. The van der Waals surface area contributed by atoms with Crippen molar-refractivity contribution < 1.29 is 22.8 Å². The summed E-state index contributed by atoms with van der Waals surface area (Å²) >= 11 is 5.92. The number of aryl methyl sites for hydroxylation is 1. The van der Waals surface area contributed by atoms with E-state index in [0.29, 0.717) is 34.9 Å². The minimum Gasteiger partial charge on any atom is -0.324 e.